The van der Waals surface area contributed by atoms with E-state index in [0.29, 0.717) is 12.1 Å². The number of aliphatic hydroxyl groups is 1. The van der Waals surface area contributed by atoms with E-state index in [4.69, 9.17) is 0 Å². The van der Waals surface area contributed by atoms with E-state index in [-0.39, 0.29) is 13.0 Å². The molecule has 2 aromatic rings. The zero-order valence-electron chi connectivity index (χ0n) is 19.2. The Balaban J connectivity index is 1.83. The van der Waals surface area contributed by atoms with Crippen LogP contribution in [0.15, 0.2) is 48.7 Å². The second-order valence-corrected chi connectivity index (χ2v) is 8.55. The van der Waals surface area contributed by atoms with Gasteiger partial charge in [-0.05, 0) is 30.5 Å². The molecule has 0 bridgehead atoms. The molecule has 0 spiro atoms. The van der Waals surface area contributed by atoms with Crippen LogP contribution in [0.25, 0.3) is 0 Å². The van der Waals surface area contributed by atoms with E-state index in [1.54, 1.807) is 60.3 Å². The van der Waals surface area contributed by atoms with Crippen molar-refractivity contribution in [2.45, 2.75) is 50.3 Å². The van der Waals surface area contributed by atoms with Gasteiger partial charge < -0.3 is 25.2 Å². The Bertz CT molecular complexity index is 1010. The summed E-state index contributed by atoms with van der Waals surface area (Å²) < 4.78 is 30.0. The Morgan fingerprint density at radius 3 is 2.50 bits per heavy atom. The molecule has 3 N–H and O–H groups in total. The van der Waals surface area contributed by atoms with E-state index >= 15 is 0 Å². The highest BCUT2D eigenvalue weighted by Crippen LogP contribution is 2.33. The van der Waals surface area contributed by atoms with Crippen molar-refractivity contribution in [3.05, 3.63) is 59.9 Å². The molecule has 1 aliphatic rings. The normalized spacial score (nSPS) is 18.9. The second-order valence-electron chi connectivity index (χ2n) is 8.55. The van der Waals surface area contributed by atoms with Crippen LogP contribution >= 0.6 is 0 Å². The third kappa shape index (κ3) is 5.99. The summed E-state index contributed by atoms with van der Waals surface area (Å²) in [7, 11) is 1.68. The molecule has 1 aromatic heterocycles. The summed E-state index contributed by atoms with van der Waals surface area (Å²) in [5.74, 6) is -5.50. The molecule has 8 nitrogen and oxygen atoms in total. The number of amides is 3. The number of hydrogen-bond donors (Lipinski definition) is 3. The summed E-state index contributed by atoms with van der Waals surface area (Å²) in [5, 5.41) is 16.2. The van der Waals surface area contributed by atoms with Crippen molar-refractivity contribution in [1.82, 2.24) is 20.1 Å². The summed E-state index contributed by atoms with van der Waals surface area (Å²) in [6.45, 7) is 1.13. The number of aromatic nitrogens is 1. The van der Waals surface area contributed by atoms with Gasteiger partial charge in [0.15, 0.2) is 6.10 Å². The number of halogens is 2. The smallest absolute Gasteiger partial charge is 0.268 e. The Morgan fingerprint density at radius 2 is 1.88 bits per heavy atom. The summed E-state index contributed by atoms with van der Waals surface area (Å²) in [4.78, 5) is 39.2. The van der Waals surface area contributed by atoms with Crippen molar-refractivity contribution in [1.29, 1.82) is 0 Å². The topological polar surface area (TPSA) is 104 Å². The first kappa shape index (κ1) is 25.4. The van der Waals surface area contributed by atoms with Crippen LogP contribution < -0.4 is 10.6 Å². The van der Waals surface area contributed by atoms with Gasteiger partial charge in [-0.2, -0.15) is 0 Å². The fourth-order valence-corrected chi connectivity index (χ4v) is 4.04. The Kier molecular flexibility index (Phi) is 8.03. The lowest BCUT2D eigenvalue weighted by Crippen LogP contribution is -2.56. The quantitative estimate of drug-likeness (QED) is 0.510. The molecule has 34 heavy (non-hydrogen) atoms. The number of likely N-dealkylation sites (tertiary alicyclic amines) is 1. The van der Waals surface area contributed by atoms with Crippen molar-refractivity contribution >= 4 is 17.7 Å². The highest BCUT2D eigenvalue weighted by atomic mass is 19.3. The van der Waals surface area contributed by atoms with Gasteiger partial charge in [0.2, 0.25) is 5.91 Å². The van der Waals surface area contributed by atoms with Gasteiger partial charge in [-0.1, -0.05) is 37.3 Å². The molecule has 10 heteroatoms. The minimum absolute atomic E-state index is 0.0842. The summed E-state index contributed by atoms with van der Waals surface area (Å²) in [6, 6.07) is 9.63. The van der Waals surface area contributed by atoms with E-state index in [1.807, 2.05) is 6.92 Å². The zero-order valence-corrected chi connectivity index (χ0v) is 19.2. The number of alkyl halides is 2. The molecule has 3 rings (SSSR count). The lowest BCUT2D eigenvalue weighted by molar-refractivity contribution is -0.147. The van der Waals surface area contributed by atoms with E-state index in [1.165, 1.54) is 0 Å². The van der Waals surface area contributed by atoms with E-state index < -0.39 is 54.8 Å². The van der Waals surface area contributed by atoms with Crippen LogP contribution in [0.4, 0.5) is 8.78 Å². The zero-order chi connectivity index (χ0) is 24.9. The monoisotopic (exact) mass is 476 g/mol. The predicted molar refractivity (Wildman–Crippen MR) is 121 cm³/mol. The van der Waals surface area contributed by atoms with Crippen molar-refractivity contribution in [3.8, 4) is 0 Å². The number of aryl methyl sites for hydroxylation is 1. The molecule has 0 aliphatic carbocycles. The Labute approximate surface area is 196 Å². The van der Waals surface area contributed by atoms with Crippen LogP contribution in [0.3, 0.4) is 0 Å². The van der Waals surface area contributed by atoms with Gasteiger partial charge in [0.1, 0.15) is 11.7 Å². The molecule has 3 amide bonds. The molecule has 2 heterocycles. The van der Waals surface area contributed by atoms with Gasteiger partial charge >= 0.3 is 0 Å². The van der Waals surface area contributed by atoms with Crippen LogP contribution in [0.1, 0.15) is 35.8 Å². The van der Waals surface area contributed by atoms with Gasteiger partial charge in [-0.25, -0.2) is 8.78 Å². The summed E-state index contributed by atoms with van der Waals surface area (Å²) in [6.07, 6.45) is -0.287. The Morgan fingerprint density at radius 1 is 1.18 bits per heavy atom. The fraction of sp³-hybridized carbons (Fsp3) is 0.458. The highest BCUT2D eigenvalue weighted by molar-refractivity contribution is 5.94. The molecule has 1 fully saturated rings. The molecule has 1 aliphatic heterocycles. The van der Waals surface area contributed by atoms with Crippen LogP contribution in [0, 0.1) is 0 Å². The number of carbonyl (C=O) groups excluding carboxylic acids is 3. The minimum Gasteiger partial charge on any atom is -0.381 e. The number of carbonyl (C=O) groups is 3. The lowest BCUT2D eigenvalue weighted by Gasteiger charge is -2.30. The highest BCUT2D eigenvalue weighted by Gasteiger charge is 2.51. The SMILES string of the molecule is CCCNC(=O)C1CC(F)(F)CN1C(=O)C(O)C(Cc1ccccc1)NC(=O)c1cccn1C. The molecule has 1 saturated heterocycles. The van der Waals surface area contributed by atoms with Crippen molar-refractivity contribution in [2.75, 3.05) is 13.1 Å². The summed E-state index contributed by atoms with van der Waals surface area (Å²) in [5.41, 5.74) is 1.04. The number of benzene rings is 1. The van der Waals surface area contributed by atoms with Crippen LogP contribution in [-0.4, -0.2) is 69.5 Å². The minimum atomic E-state index is -3.26. The molecular weight excluding hydrogens is 446 g/mol. The first-order valence-corrected chi connectivity index (χ1v) is 11.2. The number of hydrogen-bond acceptors (Lipinski definition) is 4. The third-order valence-corrected chi connectivity index (χ3v) is 5.83. The first-order valence-electron chi connectivity index (χ1n) is 11.2. The predicted octanol–water partition coefficient (Wildman–Crippen LogP) is 1.49. The maximum absolute atomic E-state index is 14.2. The van der Waals surface area contributed by atoms with Crippen molar-refractivity contribution in [2.24, 2.45) is 7.05 Å². The number of nitrogens with zero attached hydrogens (tertiary/aromatic N) is 2. The number of rotatable bonds is 9. The average molecular weight is 477 g/mol. The Hall–Kier alpha value is -3.27. The van der Waals surface area contributed by atoms with Crippen LogP contribution in [-0.2, 0) is 23.1 Å². The maximum atomic E-state index is 14.2. The molecule has 0 radical (unpaired) electrons. The van der Waals surface area contributed by atoms with Gasteiger partial charge in [-0.3, -0.25) is 14.4 Å². The largest absolute Gasteiger partial charge is 0.381 e. The first-order chi connectivity index (χ1) is 16.1. The lowest BCUT2D eigenvalue weighted by atomic mass is 9.99. The maximum Gasteiger partial charge on any atom is 0.268 e. The molecular formula is C24H30F2N4O4. The number of nitrogens with one attached hydrogen (secondary N) is 2. The molecule has 1 aromatic carbocycles. The van der Waals surface area contributed by atoms with Crippen LogP contribution in [0.5, 0.6) is 0 Å². The average Bonchev–Trinajstić information content (AvgIpc) is 3.38. The fourth-order valence-electron chi connectivity index (χ4n) is 4.04. The molecule has 184 valence electrons. The van der Waals surface area contributed by atoms with Gasteiger partial charge in [0, 0.05) is 26.2 Å². The van der Waals surface area contributed by atoms with Gasteiger partial charge in [-0.15, -0.1) is 0 Å². The third-order valence-electron chi connectivity index (χ3n) is 5.83. The second kappa shape index (κ2) is 10.8. The van der Waals surface area contributed by atoms with Crippen molar-refractivity contribution in [3.63, 3.8) is 0 Å². The summed E-state index contributed by atoms with van der Waals surface area (Å²) >= 11 is 0. The van der Waals surface area contributed by atoms with Gasteiger partial charge in [0.25, 0.3) is 17.7 Å². The van der Waals surface area contributed by atoms with E-state index in [0.717, 1.165) is 10.5 Å². The van der Waals surface area contributed by atoms with E-state index in [2.05, 4.69) is 10.6 Å². The number of aliphatic hydroxyl groups excluding tert-OH is 1. The molecule has 3 unspecified atom stereocenters. The van der Waals surface area contributed by atoms with Crippen LogP contribution in [0.2, 0.25) is 0 Å². The standard InChI is InChI=1S/C24H30F2N4O4/c1-3-11-27-21(32)19-14-24(25,26)15-30(19)23(34)20(31)17(13-16-8-5-4-6-9-16)28-22(33)18-10-7-12-29(18)2/h4-10,12,17,19-20,31H,3,11,13-15H2,1-2H3,(H,27,32)(H,28,33). The van der Waals surface area contributed by atoms with Gasteiger partial charge in [0.05, 0.1) is 12.6 Å². The van der Waals surface area contributed by atoms with E-state index in [9.17, 15) is 28.3 Å². The molecule has 0 saturated carbocycles. The van der Waals surface area contributed by atoms with Crippen molar-refractivity contribution < 1.29 is 28.3 Å². The molecule has 3 atom stereocenters.